The standard InChI is InChI=1S/C18H20N4O4/c1-21(10-13-2-3-16-17(8-13)20-26-19-16)18(23)14-9-15(25-12-14)11-22-4-6-24-7-5-22/h2-3,8-9,12H,4-7,10-11H2,1H3. The van der Waals surface area contributed by atoms with E-state index < -0.39 is 0 Å². The molecule has 26 heavy (non-hydrogen) atoms. The van der Waals surface area contributed by atoms with Crippen LogP contribution in [0.15, 0.2) is 39.6 Å². The van der Waals surface area contributed by atoms with Crippen molar-refractivity contribution in [2.45, 2.75) is 13.1 Å². The first-order valence-electron chi connectivity index (χ1n) is 8.53. The lowest BCUT2D eigenvalue weighted by Crippen LogP contribution is -2.35. The molecule has 1 aromatic carbocycles. The van der Waals surface area contributed by atoms with Gasteiger partial charge in [-0.2, -0.15) is 0 Å². The highest BCUT2D eigenvalue weighted by Gasteiger charge is 2.18. The number of nitrogens with zero attached hydrogens (tertiary/aromatic N) is 4. The molecule has 3 aromatic rings. The zero-order valence-electron chi connectivity index (χ0n) is 14.6. The summed E-state index contributed by atoms with van der Waals surface area (Å²) in [5, 5.41) is 7.61. The van der Waals surface area contributed by atoms with Crippen LogP contribution in [0.5, 0.6) is 0 Å². The molecule has 136 valence electrons. The number of rotatable bonds is 5. The summed E-state index contributed by atoms with van der Waals surface area (Å²) >= 11 is 0. The van der Waals surface area contributed by atoms with Crippen LogP contribution in [-0.2, 0) is 17.8 Å². The van der Waals surface area contributed by atoms with Crippen molar-refractivity contribution in [1.82, 2.24) is 20.1 Å². The molecule has 0 N–H and O–H groups in total. The number of aromatic nitrogens is 2. The van der Waals surface area contributed by atoms with Crippen LogP contribution in [0.25, 0.3) is 11.0 Å². The van der Waals surface area contributed by atoms with E-state index in [1.807, 2.05) is 24.3 Å². The smallest absolute Gasteiger partial charge is 0.257 e. The lowest BCUT2D eigenvalue weighted by atomic mass is 10.2. The molecule has 4 rings (SSSR count). The molecule has 1 aliphatic rings. The predicted octanol–water partition coefficient (Wildman–Crippen LogP) is 1.92. The minimum Gasteiger partial charge on any atom is -0.467 e. The van der Waals surface area contributed by atoms with Gasteiger partial charge in [0.1, 0.15) is 23.1 Å². The Labute approximate surface area is 150 Å². The first-order valence-corrected chi connectivity index (χ1v) is 8.53. The molecule has 0 bridgehead atoms. The van der Waals surface area contributed by atoms with Crippen LogP contribution in [-0.4, -0.2) is 59.4 Å². The molecule has 8 heteroatoms. The average Bonchev–Trinajstić information content (AvgIpc) is 3.31. The molecule has 1 fully saturated rings. The third-order valence-electron chi connectivity index (χ3n) is 4.47. The van der Waals surface area contributed by atoms with Gasteiger partial charge >= 0.3 is 0 Å². The number of ether oxygens (including phenoxy) is 1. The van der Waals surface area contributed by atoms with Crippen LogP contribution in [0, 0.1) is 0 Å². The number of carbonyl (C=O) groups is 1. The maximum absolute atomic E-state index is 12.7. The fourth-order valence-electron chi connectivity index (χ4n) is 3.05. The molecule has 2 aromatic heterocycles. The molecule has 0 radical (unpaired) electrons. The minimum atomic E-state index is -0.0830. The van der Waals surface area contributed by atoms with Crippen LogP contribution in [0.2, 0.25) is 0 Å². The lowest BCUT2D eigenvalue weighted by Gasteiger charge is -2.25. The predicted molar refractivity (Wildman–Crippen MR) is 92.4 cm³/mol. The number of fused-ring (bicyclic) bond motifs is 1. The van der Waals surface area contributed by atoms with E-state index in [1.54, 1.807) is 11.9 Å². The monoisotopic (exact) mass is 356 g/mol. The van der Waals surface area contributed by atoms with Crippen molar-refractivity contribution < 1.29 is 18.6 Å². The van der Waals surface area contributed by atoms with Gasteiger partial charge in [0, 0.05) is 26.7 Å². The van der Waals surface area contributed by atoms with Crippen LogP contribution in [0.3, 0.4) is 0 Å². The van der Waals surface area contributed by atoms with E-state index in [-0.39, 0.29) is 5.91 Å². The fourth-order valence-corrected chi connectivity index (χ4v) is 3.05. The van der Waals surface area contributed by atoms with Gasteiger partial charge in [-0.05, 0) is 34.1 Å². The molecule has 8 nitrogen and oxygen atoms in total. The average molecular weight is 356 g/mol. The second-order valence-corrected chi connectivity index (χ2v) is 6.44. The van der Waals surface area contributed by atoms with Crippen LogP contribution in [0.4, 0.5) is 0 Å². The van der Waals surface area contributed by atoms with E-state index in [0.29, 0.717) is 29.7 Å². The minimum absolute atomic E-state index is 0.0830. The van der Waals surface area contributed by atoms with E-state index in [0.717, 1.165) is 37.6 Å². The fraction of sp³-hybridized carbons (Fsp3) is 0.389. The third kappa shape index (κ3) is 3.61. The van der Waals surface area contributed by atoms with E-state index in [4.69, 9.17) is 13.8 Å². The largest absolute Gasteiger partial charge is 0.467 e. The molecular formula is C18H20N4O4. The molecule has 0 atom stereocenters. The van der Waals surface area contributed by atoms with Crippen molar-refractivity contribution in [2.75, 3.05) is 33.4 Å². The first-order chi connectivity index (χ1) is 12.7. The topological polar surface area (TPSA) is 84.8 Å². The molecular weight excluding hydrogens is 336 g/mol. The number of carbonyl (C=O) groups excluding carboxylic acids is 1. The maximum atomic E-state index is 12.7. The lowest BCUT2D eigenvalue weighted by molar-refractivity contribution is 0.0313. The zero-order chi connectivity index (χ0) is 17.9. The second-order valence-electron chi connectivity index (χ2n) is 6.44. The van der Waals surface area contributed by atoms with Crippen molar-refractivity contribution in [1.29, 1.82) is 0 Å². The van der Waals surface area contributed by atoms with Crippen molar-refractivity contribution in [2.24, 2.45) is 0 Å². The van der Waals surface area contributed by atoms with Gasteiger partial charge in [-0.25, -0.2) is 4.63 Å². The molecule has 3 heterocycles. The summed E-state index contributed by atoms with van der Waals surface area (Å²) in [5.41, 5.74) is 2.89. The Morgan fingerprint density at radius 1 is 1.19 bits per heavy atom. The van der Waals surface area contributed by atoms with E-state index >= 15 is 0 Å². The van der Waals surface area contributed by atoms with Gasteiger partial charge in [0.2, 0.25) is 0 Å². The Bertz CT molecular complexity index is 897. The van der Waals surface area contributed by atoms with Gasteiger partial charge < -0.3 is 14.1 Å². The summed E-state index contributed by atoms with van der Waals surface area (Å²) in [7, 11) is 1.77. The number of furan rings is 1. The summed E-state index contributed by atoms with van der Waals surface area (Å²) in [5.74, 6) is 0.707. The Hall–Kier alpha value is -2.71. The van der Waals surface area contributed by atoms with E-state index in [1.165, 1.54) is 6.26 Å². The van der Waals surface area contributed by atoms with Crippen LogP contribution < -0.4 is 0 Å². The Kier molecular flexibility index (Phi) is 4.68. The van der Waals surface area contributed by atoms with Gasteiger partial charge in [0.25, 0.3) is 5.91 Å². The van der Waals surface area contributed by atoms with E-state index in [9.17, 15) is 4.79 Å². The van der Waals surface area contributed by atoms with Crippen LogP contribution in [0.1, 0.15) is 21.7 Å². The Morgan fingerprint density at radius 3 is 2.85 bits per heavy atom. The van der Waals surface area contributed by atoms with Crippen LogP contribution >= 0.6 is 0 Å². The first kappa shape index (κ1) is 16.7. The maximum Gasteiger partial charge on any atom is 0.257 e. The van der Waals surface area contributed by atoms with Crippen molar-refractivity contribution >= 4 is 16.9 Å². The molecule has 1 saturated heterocycles. The number of benzene rings is 1. The molecule has 0 saturated carbocycles. The number of morpholine rings is 1. The van der Waals surface area contributed by atoms with Crippen molar-refractivity contribution in [3.05, 3.63) is 47.4 Å². The highest BCUT2D eigenvalue weighted by atomic mass is 16.6. The zero-order valence-corrected chi connectivity index (χ0v) is 14.6. The SMILES string of the molecule is CN(Cc1ccc2nonc2c1)C(=O)c1coc(CN2CCOCC2)c1. The summed E-state index contributed by atoms with van der Waals surface area (Å²) in [6.45, 7) is 4.38. The quantitative estimate of drug-likeness (QED) is 0.690. The van der Waals surface area contributed by atoms with Gasteiger partial charge in [0.15, 0.2) is 0 Å². The molecule has 0 spiro atoms. The van der Waals surface area contributed by atoms with Crippen molar-refractivity contribution in [3.63, 3.8) is 0 Å². The van der Waals surface area contributed by atoms with Gasteiger partial charge in [-0.3, -0.25) is 9.69 Å². The second kappa shape index (κ2) is 7.27. The third-order valence-corrected chi connectivity index (χ3v) is 4.47. The Morgan fingerprint density at radius 2 is 2.00 bits per heavy atom. The summed E-state index contributed by atoms with van der Waals surface area (Å²) in [6.07, 6.45) is 1.53. The van der Waals surface area contributed by atoms with Crippen molar-refractivity contribution in [3.8, 4) is 0 Å². The number of hydrogen-bond donors (Lipinski definition) is 0. The molecule has 1 amide bonds. The normalized spacial score (nSPS) is 15.4. The molecule has 1 aliphatic heterocycles. The highest BCUT2D eigenvalue weighted by Crippen LogP contribution is 2.16. The molecule has 0 aliphatic carbocycles. The number of amides is 1. The molecule has 0 unspecified atom stereocenters. The van der Waals surface area contributed by atoms with Gasteiger partial charge in [0.05, 0.1) is 25.3 Å². The van der Waals surface area contributed by atoms with Gasteiger partial charge in [-0.1, -0.05) is 6.07 Å². The number of hydrogen-bond acceptors (Lipinski definition) is 7. The van der Waals surface area contributed by atoms with E-state index in [2.05, 4.69) is 15.2 Å². The summed E-state index contributed by atoms with van der Waals surface area (Å²) < 4.78 is 15.6. The summed E-state index contributed by atoms with van der Waals surface area (Å²) in [4.78, 5) is 16.6. The highest BCUT2D eigenvalue weighted by molar-refractivity contribution is 5.93. The Balaban J connectivity index is 1.39. The van der Waals surface area contributed by atoms with Gasteiger partial charge in [-0.15, -0.1) is 0 Å². The summed E-state index contributed by atoms with van der Waals surface area (Å²) in [6, 6.07) is 7.43.